The van der Waals surface area contributed by atoms with Gasteiger partial charge in [-0.2, -0.15) is 0 Å². The van der Waals surface area contributed by atoms with Crippen molar-refractivity contribution >= 4 is 28.3 Å². The molecule has 3 rings (SSSR count). The quantitative estimate of drug-likeness (QED) is 0.780. The van der Waals surface area contributed by atoms with Gasteiger partial charge in [-0.1, -0.05) is 37.3 Å². The molecule has 27 heavy (non-hydrogen) atoms. The molecule has 1 aliphatic rings. The topological polar surface area (TPSA) is 71.3 Å². The molecule has 1 saturated carbocycles. The Morgan fingerprint density at radius 2 is 1.93 bits per heavy atom. The molecule has 0 spiro atoms. The molecule has 1 fully saturated rings. The van der Waals surface area contributed by atoms with Crippen LogP contribution in [0.3, 0.4) is 0 Å². The number of fused-ring (bicyclic) bond motifs is 1. The van der Waals surface area contributed by atoms with Gasteiger partial charge < -0.3 is 15.0 Å². The van der Waals surface area contributed by atoms with Gasteiger partial charge in [0.15, 0.2) is 0 Å². The first-order valence-corrected chi connectivity index (χ1v) is 9.87. The van der Waals surface area contributed by atoms with E-state index in [-0.39, 0.29) is 34.6 Å². The summed E-state index contributed by atoms with van der Waals surface area (Å²) in [4.78, 5) is 25.5. The van der Waals surface area contributed by atoms with Gasteiger partial charge in [0.05, 0.1) is 16.2 Å². The number of hydrogen-bond acceptors (Lipinski definition) is 3. The highest BCUT2D eigenvalue weighted by atomic mass is 35.5. The van der Waals surface area contributed by atoms with Gasteiger partial charge >= 0.3 is 0 Å². The van der Waals surface area contributed by atoms with E-state index in [2.05, 4.69) is 12.2 Å². The molecule has 1 amide bonds. The largest absolute Gasteiger partial charge is 0.388 e. The fourth-order valence-corrected chi connectivity index (χ4v) is 4.04. The maximum atomic E-state index is 12.9. The minimum atomic E-state index is -0.876. The lowest BCUT2D eigenvalue weighted by atomic mass is 9.94. The summed E-state index contributed by atoms with van der Waals surface area (Å²) in [6, 6.07) is 4.70. The van der Waals surface area contributed by atoms with Crippen molar-refractivity contribution in [3.8, 4) is 0 Å². The van der Waals surface area contributed by atoms with E-state index in [0.29, 0.717) is 23.6 Å². The summed E-state index contributed by atoms with van der Waals surface area (Å²) in [5.41, 5.74) is -0.810. The molecule has 2 aromatic rings. The van der Waals surface area contributed by atoms with Crippen LogP contribution in [0.1, 0.15) is 61.8 Å². The maximum Gasteiger partial charge on any atom is 0.258 e. The highest BCUT2D eigenvalue weighted by Gasteiger charge is 2.29. The fourth-order valence-electron chi connectivity index (χ4n) is 3.79. The van der Waals surface area contributed by atoms with E-state index in [4.69, 9.17) is 11.6 Å². The average molecular weight is 390 g/mol. The number of halogens is 1. The van der Waals surface area contributed by atoms with E-state index in [1.54, 1.807) is 24.4 Å². The Bertz CT molecular complexity index is 896. The third-order valence-electron chi connectivity index (χ3n) is 5.38. The van der Waals surface area contributed by atoms with Crippen molar-refractivity contribution in [3.05, 3.63) is 52.3 Å². The van der Waals surface area contributed by atoms with Crippen LogP contribution in [-0.2, 0) is 0 Å². The molecule has 1 aromatic carbocycles. The van der Waals surface area contributed by atoms with Crippen LogP contribution in [0.25, 0.3) is 10.8 Å². The van der Waals surface area contributed by atoms with Crippen molar-refractivity contribution in [1.82, 2.24) is 9.88 Å². The zero-order valence-electron chi connectivity index (χ0n) is 15.6. The lowest BCUT2D eigenvalue weighted by Gasteiger charge is -2.27. The van der Waals surface area contributed by atoms with Gasteiger partial charge in [0.2, 0.25) is 0 Å². The summed E-state index contributed by atoms with van der Waals surface area (Å²) in [6.45, 7) is 5.89. The Morgan fingerprint density at radius 3 is 2.56 bits per heavy atom. The number of pyridine rings is 1. The van der Waals surface area contributed by atoms with Crippen LogP contribution in [0.2, 0.25) is 5.02 Å². The molecule has 0 saturated heterocycles. The van der Waals surface area contributed by atoms with Crippen LogP contribution in [-0.4, -0.2) is 27.7 Å². The van der Waals surface area contributed by atoms with E-state index in [9.17, 15) is 14.7 Å². The molecule has 1 aromatic heterocycles. The van der Waals surface area contributed by atoms with Gasteiger partial charge in [-0.25, -0.2) is 0 Å². The Labute approximate surface area is 164 Å². The summed E-state index contributed by atoms with van der Waals surface area (Å²) in [5.74, 6) is -0.372. The van der Waals surface area contributed by atoms with Gasteiger partial charge in [0, 0.05) is 29.6 Å². The second-order valence-corrected chi connectivity index (χ2v) is 7.99. The first-order valence-electron chi connectivity index (χ1n) is 9.49. The average Bonchev–Trinajstić information content (AvgIpc) is 2.84. The van der Waals surface area contributed by atoms with Crippen molar-refractivity contribution in [2.45, 2.75) is 57.1 Å². The molecular formula is C21H26ClN2O3. The highest BCUT2D eigenvalue weighted by Crippen LogP contribution is 2.28. The molecule has 0 bridgehead atoms. The zero-order chi connectivity index (χ0) is 19.6. The number of aromatic nitrogens is 1. The molecular weight excluding hydrogens is 364 g/mol. The second-order valence-electron chi connectivity index (χ2n) is 7.58. The predicted octanol–water partition coefficient (Wildman–Crippen LogP) is 3.87. The lowest BCUT2D eigenvalue weighted by Crippen LogP contribution is -2.42. The standard InChI is InChI=1S/C21H26ClN2O3/c1-14(2)24-12-9-15-16(20(24)26)7-8-17(22)18(15)19(25)23-13-21(27)10-5-3-4-6-11-21/h7-9,12,14,27H,1,3-6,10-11,13H2,2H3,(H,23,25)/t14-/m1/s1. The normalized spacial score (nSPS) is 17.1. The van der Waals surface area contributed by atoms with Crippen LogP contribution in [0.5, 0.6) is 0 Å². The van der Waals surface area contributed by atoms with Crippen molar-refractivity contribution < 1.29 is 9.90 Å². The number of nitrogens with one attached hydrogen (secondary N) is 1. The minimum absolute atomic E-state index is 0.186. The maximum absolute atomic E-state index is 12.9. The second kappa shape index (κ2) is 8.03. The van der Waals surface area contributed by atoms with E-state index >= 15 is 0 Å². The number of hydrogen-bond donors (Lipinski definition) is 2. The molecule has 0 unspecified atom stereocenters. The molecule has 1 radical (unpaired) electrons. The summed E-state index contributed by atoms with van der Waals surface area (Å²) < 4.78 is 1.52. The summed E-state index contributed by atoms with van der Waals surface area (Å²) in [5, 5.41) is 14.8. The minimum Gasteiger partial charge on any atom is -0.388 e. The van der Waals surface area contributed by atoms with E-state index in [1.165, 1.54) is 4.57 Å². The number of carbonyl (C=O) groups is 1. The van der Waals surface area contributed by atoms with Crippen LogP contribution < -0.4 is 10.9 Å². The summed E-state index contributed by atoms with van der Waals surface area (Å²) >= 11 is 6.29. The summed E-state index contributed by atoms with van der Waals surface area (Å²) in [6.07, 6.45) is 7.15. The number of amides is 1. The molecule has 1 aliphatic carbocycles. The molecule has 145 valence electrons. The third-order valence-corrected chi connectivity index (χ3v) is 5.69. The number of rotatable bonds is 4. The van der Waals surface area contributed by atoms with Crippen LogP contribution in [0, 0.1) is 6.92 Å². The third kappa shape index (κ3) is 4.19. The van der Waals surface area contributed by atoms with Gasteiger partial charge in [0.25, 0.3) is 11.5 Å². The van der Waals surface area contributed by atoms with Crippen LogP contribution in [0.4, 0.5) is 0 Å². The smallest absolute Gasteiger partial charge is 0.258 e. The van der Waals surface area contributed by atoms with Crippen LogP contribution in [0.15, 0.2) is 29.2 Å². The fraction of sp³-hybridized carbons (Fsp3) is 0.476. The van der Waals surface area contributed by atoms with Crippen molar-refractivity contribution in [2.24, 2.45) is 0 Å². The first-order chi connectivity index (χ1) is 12.8. The molecule has 6 heteroatoms. The molecule has 2 N–H and O–H groups in total. The van der Waals surface area contributed by atoms with Crippen molar-refractivity contribution in [3.63, 3.8) is 0 Å². The molecule has 1 heterocycles. The lowest BCUT2D eigenvalue weighted by molar-refractivity contribution is 0.0247. The summed E-state index contributed by atoms with van der Waals surface area (Å²) in [7, 11) is 0. The van der Waals surface area contributed by atoms with E-state index < -0.39 is 5.60 Å². The van der Waals surface area contributed by atoms with Gasteiger partial charge in [-0.15, -0.1) is 0 Å². The monoisotopic (exact) mass is 389 g/mol. The predicted molar refractivity (Wildman–Crippen MR) is 108 cm³/mol. The van der Waals surface area contributed by atoms with Crippen LogP contribution >= 0.6 is 11.6 Å². The number of aliphatic hydroxyl groups is 1. The first kappa shape index (κ1) is 19.9. The molecule has 1 atom stereocenters. The Hall–Kier alpha value is -1.85. The zero-order valence-corrected chi connectivity index (χ0v) is 16.4. The van der Waals surface area contributed by atoms with Crippen molar-refractivity contribution in [1.29, 1.82) is 0 Å². The Kier molecular flexibility index (Phi) is 5.92. The number of benzene rings is 1. The van der Waals surface area contributed by atoms with Gasteiger partial charge in [-0.3, -0.25) is 9.59 Å². The van der Waals surface area contributed by atoms with Gasteiger partial charge in [0.1, 0.15) is 0 Å². The van der Waals surface area contributed by atoms with Gasteiger partial charge in [-0.05, 0) is 44.9 Å². The molecule has 0 aliphatic heterocycles. The van der Waals surface area contributed by atoms with E-state index in [1.807, 2.05) is 6.92 Å². The number of nitrogens with zero attached hydrogens (tertiary/aromatic N) is 1. The van der Waals surface area contributed by atoms with Crippen molar-refractivity contribution in [2.75, 3.05) is 6.54 Å². The SMILES string of the molecule is [CH2][C@H](C)n1ccc2c(C(=O)NCC3(O)CCCCCC3)c(Cl)ccc2c1=O. The molecule has 5 nitrogen and oxygen atoms in total. The Morgan fingerprint density at radius 1 is 1.26 bits per heavy atom. The Balaban J connectivity index is 1.91. The number of carbonyl (C=O) groups excluding carboxylic acids is 1. The highest BCUT2D eigenvalue weighted by molar-refractivity contribution is 6.35. The van der Waals surface area contributed by atoms with E-state index in [0.717, 1.165) is 25.7 Å².